The largest absolute Gasteiger partial charge is 0.469 e. The van der Waals surface area contributed by atoms with Crippen molar-refractivity contribution in [1.29, 1.82) is 0 Å². The number of carbonyl (C=O) groups is 2. The van der Waals surface area contributed by atoms with E-state index in [1.165, 1.54) is 7.11 Å². The third-order valence-corrected chi connectivity index (χ3v) is 4.43. The molecule has 6 nitrogen and oxygen atoms in total. The first-order valence-electron chi connectivity index (χ1n) is 6.86. The van der Waals surface area contributed by atoms with Gasteiger partial charge in [-0.2, -0.15) is 0 Å². The summed E-state index contributed by atoms with van der Waals surface area (Å²) in [4.78, 5) is 26.3. The molecule has 0 aromatic rings. The number of esters is 1. The van der Waals surface area contributed by atoms with Crippen LogP contribution in [0.2, 0.25) is 0 Å². The van der Waals surface area contributed by atoms with Crippen molar-refractivity contribution in [3.63, 3.8) is 0 Å². The Bertz CT molecular complexity index is 462. The van der Waals surface area contributed by atoms with Crippen LogP contribution in [-0.2, 0) is 23.8 Å². The fourth-order valence-electron chi connectivity index (χ4n) is 3.57. The predicted molar refractivity (Wildman–Crippen MR) is 68.8 cm³/mol. The van der Waals surface area contributed by atoms with E-state index in [2.05, 4.69) is 0 Å². The fourth-order valence-corrected chi connectivity index (χ4v) is 3.57. The van der Waals surface area contributed by atoms with E-state index in [9.17, 15) is 9.59 Å². The van der Waals surface area contributed by atoms with Crippen molar-refractivity contribution in [1.82, 2.24) is 4.90 Å². The van der Waals surface area contributed by atoms with Gasteiger partial charge >= 0.3 is 5.97 Å². The summed E-state index contributed by atoms with van der Waals surface area (Å²) in [5.74, 6) is -1.32. The van der Waals surface area contributed by atoms with E-state index in [0.29, 0.717) is 19.7 Å². The molecule has 2 saturated heterocycles. The lowest BCUT2D eigenvalue weighted by Crippen LogP contribution is -2.39. The standard InChI is InChI=1S/C14H19NO5/c1-18-7-3-6-15-8-14-5-4-9(20-14)10(13(17)19-2)11(14)12(15)16/h4-5,9-11H,3,6-8H2,1-2H3/t9-,10+,11+,14-/m0/s1. The highest BCUT2D eigenvalue weighted by molar-refractivity contribution is 5.91. The van der Waals surface area contributed by atoms with Gasteiger partial charge in [0.25, 0.3) is 0 Å². The Hall–Kier alpha value is -1.40. The van der Waals surface area contributed by atoms with Gasteiger partial charge in [0.15, 0.2) is 0 Å². The number of carbonyl (C=O) groups excluding carboxylic acids is 2. The van der Waals surface area contributed by atoms with Crippen molar-refractivity contribution in [3.8, 4) is 0 Å². The molecule has 1 amide bonds. The molecule has 3 rings (SSSR count). The van der Waals surface area contributed by atoms with Crippen molar-refractivity contribution in [2.75, 3.05) is 33.9 Å². The monoisotopic (exact) mass is 281 g/mol. The average Bonchev–Trinajstić information content (AvgIpc) is 3.07. The Morgan fingerprint density at radius 3 is 3.05 bits per heavy atom. The average molecular weight is 281 g/mol. The summed E-state index contributed by atoms with van der Waals surface area (Å²) in [7, 11) is 2.99. The molecule has 6 heteroatoms. The van der Waals surface area contributed by atoms with E-state index in [4.69, 9.17) is 14.2 Å². The smallest absolute Gasteiger partial charge is 0.312 e. The first-order chi connectivity index (χ1) is 9.63. The molecular weight excluding hydrogens is 262 g/mol. The molecule has 20 heavy (non-hydrogen) atoms. The van der Waals surface area contributed by atoms with Gasteiger partial charge < -0.3 is 19.1 Å². The van der Waals surface area contributed by atoms with E-state index < -0.39 is 17.4 Å². The van der Waals surface area contributed by atoms with Crippen molar-refractivity contribution in [3.05, 3.63) is 12.2 Å². The first kappa shape index (κ1) is 13.6. The van der Waals surface area contributed by atoms with Gasteiger partial charge in [-0.3, -0.25) is 9.59 Å². The van der Waals surface area contributed by atoms with Gasteiger partial charge in [-0.15, -0.1) is 0 Å². The Balaban J connectivity index is 1.79. The van der Waals surface area contributed by atoms with Crippen LogP contribution >= 0.6 is 0 Å². The first-order valence-corrected chi connectivity index (χ1v) is 6.86. The lowest BCUT2D eigenvalue weighted by molar-refractivity contribution is -0.151. The minimum Gasteiger partial charge on any atom is -0.469 e. The zero-order chi connectivity index (χ0) is 14.3. The maximum Gasteiger partial charge on any atom is 0.312 e. The van der Waals surface area contributed by atoms with Gasteiger partial charge in [-0.25, -0.2) is 0 Å². The normalized spacial score (nSPS) is 37.6. The van der Waals surface area contributed by atoms with Gasteiger partial charge in [0, 0.05) is 20.3 Å². The second-order valence-electron chi connectivity index (χ2n) is 5.53. The molecule has 2 fully saturated rings. The Kier molecular flexibility index (Phi) is 3.30. The number of methoxy groups -OCH3 is 2. The quantitative estimate of drug-likeness (QED) is 0.402. The minimum atomic E-state index is -0.631. The van der Waals surface area contributed by atoms with Gasteiger partial charge in [-0.1, -0.05) is 12.2 Å². The van der Waals surface area contributed by atoms with Crippen LogP contribution < -0.4 is 0 Å². The molecule has 4 atom stereocenters. The Morgan fingerprint density at radius 2 is 2.35 bits per heavy atom. The third kappa shape index (κ3) is 1.78. The van der Waals surface area contributed by atoms with E-state index in [1.807, 2.05) is 12.2 Å². The topological polar surface area (TPSA) is 65.1 Å². The van der Waals surface area contributed by atoms with Crippen molar-refractivity contribution >= 4 is 11.9 Å². The SMILES string of the molecule is COCCCN1C[C@]23C=C[C@H](O2)[C@@H](C(=O)OC)[C@@H]3C1=O. The number of rotatable bonds is 5. The molecule has 3 aliphatic heterocycles. The van der Waals surface area contributed by atoms with Crippen molar-refractivity contribution in [2.45, 2.75) is 18.1 Å². The van der Waals surface area contributed by atoms with Crippen molar-refractivity contribution in [2.24, 2.45) is 11.8 Å². The summed E-state index contributed by atoms with van der Waals surface area (Å²) in [6.45, 7) is 1.75. The number of hydrogen-bond acceptors (Lipinski definition) is 5. The van der Waals surface area contributed by atoms with Crippen molar-refractivity contribution < 1.29 is 23.8 Å². The van der Waals surface area contributed by atoms with Crippen LogP contribution in [0.1, 0.15) is 6.42 Å². The zero-order valence-electron chi connectivity index (χ0n) is 11.7. The van der Waals surface area contributed by atoms with Crippen LogP contribution in [-0.4, -0.2) is 62.4 Å². The molecule has 0 aromatic carbocycles. The number of hydrogen-bond donors (Lipinski definition) is 0. The molecule has 0 aliphatic carbocycles. The second-order valence-corrected chi connectivity index (χ2v) is 5.53. The van der Waals surface area contributed by atoms with E-state index >= 15 is 0 Å². The van der Waals surface area contributed by atoms with Crippen LogP contribution in [0.25, 0.3) is 0 Å². The molecule has 0 aromatic heterocycles. The van der Waals surface area contributed by atoms with E-state index in [0.717, 1.165) is 6.42 Å². The number of fused-ring (bicyclic) bond motifs is 1. The van der Waals surface area contributed by atoms with Crippen LogP contribution in [0.5, 0.6) is 0 Å². The van der Waals surface area contributed by atoms with Gasteiger partial charge in [0.1, 0.15) is 11.5 Å². The summed E-state index contributed by atoms with van der Waals surface area (Å²) in [5, 5.41) is 0. The van der Waals surface area contributed by atoms with E-state index in [-0.39, 0.29) is 18.0 Å². The number of ether oxygens (including phenoxy) is 3. The van der Waals surface area contributed by atoms with Gasteiger partial charge in [0.2, 0.25) is 5.91 Å². The summed E-state index contributed by atoms with van der Waals surface area (Å²) < 4.78 is 15.8. The zero-order valence-corrected chi connectivity index (χ0v) is 11.7. The number of amides is 1. The van der Waals surface area contributed by atoms with Gasteiger partial charge in [0.05, 0.1) is 25.7 Å². The van der Waals surface area contributed by atoms with Crippen LogP contribution in [0.4, 0.5) is 0 Å². The molecule has 0 saturated carbocycles. The Labute approximate surface area is 117 Å². The highest BCUT2D eigenvalue weighted by Gasteiger charge is 2.67. The van der Waals surface area contributed by atoms with Crippen LogP contribution in [0.3, 0.4) is 0 Å². The highest BCUT2D eigenvalue weighted by Crippen LogP contribution is 2.52. The number of likely N-dealkylation sites (tertiary alicyclic amines) is 1. The summed E-state index contributed by atoms with van der Waals surface area (Å²) >= 11 is 0. The maximum absolute atomic E-state index is 12.6. The van der Waals surface area contributed by atoms with Crippen LogP contribution in [0, 0.1) is 11.8 Å². The minimum absolute atomic E-state index is 0.0108. The molecule has 2 bridgehead atoms. The lowest BCUT2D eigenvalue weighted by Gasteiger charge is -2.22. The molecule has 3 aliphatic rings. The number of nitrogens with zero attached hydrogens (tertiary/aromatic N) is 1. The maximum atomic E-state index is 12.6. The van der Waals surface area contributed by atoms with Gasteiger partial charge in [-0.05, 0) is 6.42 Å². The molecule has 1 spiro atoms. The molecule has 0 unspecified atom stereocenters. The van der Waals surface area contributed by atoms with Crippen LogP contribution in [0.15, 0.2) is 12.2 Å². The molecule has 0 N–H and O–H groups in total. The molecule has 0 radical (unpaired) electrons. The molecule has 110 valence electrons. The third-order valence-electron chi connectivity index (χ3n) is 4.43. The lowest BCUT2D eigenvalue weighted by atomic mass is 9.77. The molecule has 3 heterocycles. The highest BCUT2D eigenvalue weighted by atomic mass is 16.5. The second kappa shape index (κ2) is 4.86. The fraction of sp³-hybridized carbons (Fsp3) is 0.714. The predicted octanol–water partition coefficient (Wildman–Crippen LogP) is -0.0221. The summed E-state index contributed by atoms with van der Waals surface area (Å²) in [6.07, 6.45) is 4.28. The summed E-state index contributed by atoms with van der Waals surface area (Å²) in [6, 6.07) is 0. The summed E-state index contributed by atoms with van der Waals surface area (Å²) in [5.41, 5.74) is -0.631. The molecular formula is C14H19NO5. The van der Waals surface area contributed by atoms with E-state index in [1.54, 1.807) is 12.0 Å². The Morgan fingerprint density at radius 1 is 1.55 bits per heavy atom.